The van der Waals surface area contributed by atoms with Gasteiger partial charge in [-0.15, -0.1) is 0 Å². The SMILES string of the molecule is COC(CNC(=O)Nc1ccc(C(N)=O)cc1)CC(=O)O. The maximum absolute atomic E-state index is 11.6. The fourth-order valence-electron chi connectivity index (χ4n) is 1.53. The second-order valence-corrected chi connectivity index (χ2v) is 4.23. The standard InChI is InChI=1S/C13H17N3O5/c1-21-10(6-11(17)18)7-15-13(20)16-9-4-2-8(3-5-9)12(14)19/h2-5,10H,6-7H2,1H3,(H2,14,19)(H,17,18)(H2,15,16,20). The van der Waals surface area contributed by atoms with Gasteiger partial charge in [-0.3, -0.25) is 9.59 Å². The summed E-state index contributed by atoms with van der Waals surface area (Å²) >= 11 is 0. The van der Waals surface area contributed by atoms with Gasteiger partial charge in [-0.2, -0.15) is 0 Å². The number of ether oxygens (including phenoxy) is 1. The number of urea groups is 1. The van der Waals surface area contributed by atoms with Crippen molar-refractivity contribution in [1.82, 2.24) is 5.32 Å². The summed E-state index contributed by atoms with van der Waals surface area (Å²) in [6.07, 6.45) is -0.810. The van der Waals surface area contributed by atoms with Crippen molar-refractivity contribution in [1.29, 1.82) is 0 Å². The lowest BCUT2D eigenvalue weighted by atomic mass is 10.2. The number of methoxy groups -OCH3 is 1. The predicted octanol–water partition coefficient (Wildman–Crippen LogP) is 0.397. The molecule has 0 aromatic heterocycles. The summed E-state index contributed by atoms with van der Waals surface area (Å²) in [7, 11) is 1.37. The molecule has 0 bridgehead atoms. The van der Waals surface area contributed by atoms with E-state index in [1.807, 2.05) is 0 Å². The highest BCUT2D eigenvalue weighted by Gasteiger charge is 2.13. The molecule has 1 aromatic carbocycles. The highest BCUT2D eigenvalue weighted by Crippen LogP contribution is 2.08. The first-order valence-corrected chi connectivity index (χ1v) is 6.11. The minimum absolute atomic E-state index is 0.0635. The number of hydrogen-bond acceptors (Lipinski definition) is 4. The average molecular weight is 295 g/mol. The molecule has 1 atom stereocenters. The van der Waals surface area contributed by atoms with Crippen LogP contribution in [0.15, 0.2) is 24.3 Å². The van der Waals surface area contributed by atoms with Gasteiger partial charge >= 0.3 is 12.0 Å². The molecule has 3 amide bonds. The van der Waals surface area contributed by atoms with Gasteiger partial charge < -0.3 is 26.2 Å². The Morgan fingerprint density at radius 3 is 2.38 bits per heavy atom. The molecular weight excluding hydrogens is 278 g/mol. The number of carbonyl (C=O) groups excluding carboxylic acids is 2. The van der Waals surface area contributed by atoms with Crippen LogP contribution in [-0.4, -0.2) is 42.8 Å². The molecule has 0 fully saturated rings. The lowest BCUT2D eigenvalue weighted by molar-refractivity contribution is -0.139. The third kappa shape index (κ3) is 5.91. The molecule has 0 radical (unpaired) electrons. The van der Waals surface area contributed by atoms with Gasteiger partial charge in [0.15, 0.2) is 0 Å². The molecule has 0 spiro atoms. The summed E-state index contributed by atoms with van der Waals surface area (Å²) in [6.45, 7) is 0.0635. The van der Waals surface area contributed by atoms with Crippen molar-refractivity contribution in [3.8, 4) is 0 Å². The average Bonchev–Trinajstić information content (AvgIpc) is 2.43. The minimum Gasteiger partial charge on any atom is -0.481 e. The van der Waals surface area contributed by atoms with Gasteiger partial charge in [0.25, 0.3) is 0 Å². The summed E-state index contributed by atoms with van der Waals surface area (Å²) in [5, 5.41) is 13.7. The van der Waals surface area contributed by atoms with Gasteiger partial charge in [0.1, 0.15) is 0 Å². The van der Waals surface area contributed by atoms with Crippen LogP contribution in [-0.2, 0) is 9.53 Å². The topological polar surface area (TPSA) is 131 Å². The normalized spacial score (nSPS) is 11.5. The molecule has 8 nitrogen and oxygen atoms in total. The van der Waals surface area contributed by atoms with E-state index in [9.17, 15) is 14.4 Å². The number of nitrogens with two attached hydrogens (primary N) is 1. The second-order valence-electron chi connectivity index (χ2n) is 4.23. The molecule has 0 aliphatic heterocycles. The van der Waals surface area contributed by atoms with Crippen LogP contribution in [0, 0.1) is 0 Å². The van der Waals surface area contributed by atoms with Crippen molar-refractivity contribution in [2.24, 2.45) is 5.73 Å². The van der Waals surface area contributed by atoms with Crippen LogP contribution in [0.2, 0.25) is 0 Å². The number of anilines is 1. The fourth-order valence-corrected chi connectivity index (χ4v) is 1.53. The Kier molecular flexibility index (Phi) is 6.15. The predicted molar refractivity (Wildman–Crippen MR) is 75.0 cm³/mol. The molecule has 0 saturated carbocycles. The number of amides is 3. The summed E-state index contributed by atoms with van der Waals surface area (Å²) in [5.74, 6) is -1.56. The Morgan fingerprint density at radius 2 is 1.90 bits per heavy atom. The third-order valence-electron chi connectivity index (χ3n) is 2.65. The number of hydrogen-bond donors (Lipinski definition) is 4. The molecule has 1 rings (SSSR count). The van der Waals surface area contributed by atoms with Crippen molar-refractivity contribution < 1.29 is 24.2 Å². The quantitative estimate of drug-likeness (QED) is 0.578. The van der Waals surface area contributed by atoms with Crippen molar-refractivity contribution >= 4 is 23.6 Å². The first-order chi connectivity index (χ1) is 9.92. The first-order valence-electron chi connectivity index (χ1n) is 6.11. The molecule has 1 aromatic rings. The van der Waals surface area contributed by atoms with Gasteiger partial charge in [0, 0.05) is 24.9 Å². The number of aliphatic carboxylic acids is 1. The smallest absolute Gasteiger partial charge is 0.319 e. The number of benzene rings is 1. The highest BCUT2D eigenvalue weighted by molar-refractivity contribution is 5.94. The zero-order valence-electron chi connectivity index (χ0n) is 11.5. The molecule has 0 aliphatic carbocycles. The summed E-state index contributed by atoms with van der Waals surface area (Å²) in [4.78, 5) is 33.1. The molecule has 21 heavy (non-hydrogen) atoms. The summed E-state index contributed by atoms with van der Waals surface area (Å²) in [6, 6.07) is 5.53. The van der Waals surface area contributed by atoms with Crippen molar-refractivity contribution in [2.45, 2.75) is 12.5 Å². The van der Waals surface area contributed by atoms with Crippen molar-refractivity contribution in [3.63, 3.8) is 0 Å². The maximum Gasteiger partial charge on any atom is 0.319 e. The zero-order chi connectivity index (χ0) is 15.8. The first kappa shape index (κ1) is 16.4. The van der Waals surface area contributed by atoms with Crippen molar-refractivity contribution in [3.05, 3.63) is 29.8 Å². The van der Waals surface area contributed by atoms with Gasteiger partial charge in [-0.1, -0.05) is 0 Å². The summed E-state index contributed by atoms with van der Waals surface area (Å²) < 4.78 is 4.93. The van der Waals surface area contributed by atoms with Crippen LogP contribution in [0.1, 0.15) is 16.8 Å². The lowest BCUT2D eigenvalue weighted by Crippen LogP contribution is -2.37. The van der Waals surface area contributed by atoms with Crippen molar-refractivity contribution in [2.75, 3.05) is 19.0 Å². The van der Waals surface area contributed by atoms with Gasteiger partial charge in [-0.25, -0.2) is 4.79 Å². The molecule has 0 saturated heterocycles. The van der Waals surface area contributed by atoms with E-state index in [4.69, 9.17) is 15.6 Å². The highest BCUT2D eigenvalue weighted by atomic mass is 16.5. The Hall–Kier alpha value is -2.61. The maximum atomic E-state index is 11.6. The van der Waals surface area contributed by atoms with Gasteiger partial charge in [0.05, 0.1) is 12.5 Å². The monoisotopic (exact) mass is 295 g/mol. The Labute approximate surface area is 121 Å². The Bertz CT molecular complexity index is 515. The number of carbonyl (C=O) groups is 3. The molecule has 5 N–H and O–H groups in total. The molecular formula is C13H17N3O5. The lowest BCUT2D eigenvalue weighted by Gasteiger charge is -2.14. The van der Waals surface area contributed by atoms with E-state index in [1.54, 1.807) is 0 Å². The Balaban J connectivity index is 2.46. The largest absolute Gasteiger partial charge is 0.481 e. The van der Waals surface area contributed by atoms with E-state index in [0.717, 1.165) is 0 Å². The number of primary amides is 1. The number of carboxylic acids is 1. The minimum atomic E-state index is -1.01. The van der Waals surface area contributed by atoms with Gasteiger partial charge in [-0.05, 0) is 24.3 Å². The van der Waals surface area contributed by atoms with Crippen LogP contribution in [0.25, 0.3) is 0 Å². The fraction of sp³-hybridized carbons (Fsp3) is 0.308. The van der Waals surface area contributed by atoms with E-state index >= 15 is 0 Å². The van der Waals surface area contributed by atoms with E-state index in [2.05, 4.69) is 10.6 Å². The molecule has 114 valence electrons. The zero-order valence-corrected chi connectivity index (χ0v) is 11.5. The van der Waals surface area contributed by atoms with Crippen LogP contribution in [0.4, 0.5) is 10.5 Å². The van der Waals surface area contributed by atoms with Gasteiger partial charge in [0.2, 0.25) is 5.91 Å². The second kappa shape index (κ2) is 7.85. The van der Waals surface area contributed by atoms with E-state index in [-0.39, 0.29) is 13.0 Å². The number of rotatable bonds is 7. The van der Waals surface area contributed by atoms with E-state index < -0.39 is 24.0 Å². The molecule has 0 heterocycles. The van der Waals surface area contributed by atoms with Crippen LogP contribution >= 0.6 is 0 Å². The van der Waals surface area contributed by atoms with E-state index in [0.29, 0.717) is 11.3 Å². The summed E-state index contributed by atoms with van der Waals surface area (Å²) in [5.41, 5.74) is 5.91. The molecule has 1 unspecified atom stereocenters. The van der Waals surface area contributed by atoms with Crippen LogP contribution in [0.5, 0.6) is 0 Å². The molecule has 0 aliphatic rings. The van der Waals surface area contributed by atoms with Crippen LogP contribution in [0.3, 0.4) is 0 Å². The third-order valence-corrected chi connectivity index (χ3v) is 2.65. The van der Waals surface area contributed by atoms with Crippen LogP contribution < -0.4 is 16.4 Å². The number of carboxylic acid groups (broad SMARTS) is 1. The molecule has 8 heteroatoms. The Morgan fingerprint density at radius 1 is 1.29 bits per heavy atom. The number of nitrogens with one attached hydrogen (secondary N) is 2. The van der Waals surface area contributed by atoms with E-state index in [1.165, 1.54) is 31.4 Å².